The minimum Gasteiger partial charge on any atom is -0.439 e. The van der Waals surface area contributed by atoms with Crippen molar-refractivity contribution in [1.82, 2.24) is 0 Å². The quantitative estimate of drug-likeness (QED) is 0.704. The van der Waals surface area contributed by atoms with Crippen LogP contribution in [0.25, 0.3) is 0 Å². The SMILES string of the molecule is CC(C)CCOP(Br)Oc1ccccc1. The van der Waals surface area contributed by atoms with Crippen molar-refractivity contribution in [2.24, 2.45) is 5.92 Å². The van der Waals surface area contributed by atoms with E-state index in [-0.39, 0.29) is 0 Å². The summed E-state index contributed by atoms with van der Waals surface area (Å²) in [5.41, 5.74) is 0. The van der Waals surface area contributed by atoms with E-state index in [1.54, 1.807) is 0 Å². The van der Waals surface area contributed by atoms with Gasteiger partial charge in [-0.25, -0.2) is 0 Å². The molecule has 1 rings (SSSR count). The highest BCUT2D eigenvalue weighted by Crippen LogP contribution is 2.46. The first-order valence-electron chi connectivity index (χ1n) is 5.00. The molecular formula is C11H16BrO2P. The molecule has 1 unspecified atom stereocenters. The molecule has 0 heterocycles. The standard InChI is InChI=1S/C11H16BrO2P/c1-10(2)8-9-13-15(12)14-11-6-4-3-5-7-11/h3-7,10H,8-9H2,1-2H3. The van der Waals surface area contributed by atoms with Gasteiger partial charge in [-0.05, 0) is 24.5 Å². The fourth-order valence-corrected chi connectivity index (χ4v) is 2.48. The molecule has 0 radical (unpaired) electrons. The summed E-state index contributed by atoms with van der Waals surface area (Å²) in [6.45, 7) is 5.09. The zero-order valence-corrected chi connectivity index (χ0v) is 11.5. The van der Waals surface area contributed by atoms with Crippen LogP contribution < -0.4 is 4.52 Å². The van der Waals surface area contributed by atoms with Crippen LogP contribution in [-0.2, 0) is 4.52 Å². The van der Waals surface area contributed by atoms with E-state index < -0.39 is 7.08 Å². The highest BCUT2D eigenvalue weighted by atomic mass is 79.9. The van der Waals surface area contributed by atoms with Gasteiger partial charge in [-0.3, -0.25) is 0 Å². The first-order valence-corrected chi connectivity index (χ1v) is 8.20. The predicted molar refractivity (Wildman–Crippen MR) is 68.3 cm³/mol. The molecule has 1 aromatic carbocycles. The summed E-state index contributed by atoms with van der Waals surface area (Å²) in [6.07, 6.45) is 1.06. The molecule has 0 aliphatic carbocycles. The average Bonchev–Trinajstić information content (AvgIpc) is 2.18. The van der Waals surface area contributed by atoms with Crippen molar-refractivity contribution < 1.29 is 9.05 Å². The summed E-state index contributed by atoms with van der Waals surface area (Å²) < 4.78 is 11.1. The van der Waals surface area contributed by atoms with E-state index in [0.29, 0.717) is 5.92 Å². The highest BCUT2D eigenvalue weighted by Gasteiger charge is 2.07. The lowest BCUT2D eigenvalue weighted by molar-refractivity contribution is 0.298. The molecule has 0 saturated heterocycles. The minimum absolute atomic E-state index is 0.664. The zero-order valence-electron chi connectivity index (χ0n) is 9.02. The second-order valence-corrected chi connectivity index (χ2v) is 6.24. The molecule has 84 valence electrons. The second kappa shape index (κ2) is 7.21. The van der Waals surface area contributed by atoms with E-state index in [0.717, 1.165) is 18.8 Å². The molecule has 0 aromatic heterocycles. The molecule has 0 spiro atoms. The number of hydrogen-bond donors (Lipinski definition) is 0. The van der Waals surface area contributed by atoms with Gasteiger partial charge in [0.05, 0.1) is 6.61 Å². The van der Waals surface area contributed by atoms with Gasteiger partial charge in [-0.2, -0.15) is 0 Å². The van der Waals surface area contributed by atoms with Crippen molar-refractivity contribution in [2.75, 3.05) is 6.61 Å². The van der Waals surface area contributed by atoms with Crippen LogP contribution in [-0.4, -0.2) is 6.61 Å². The highest BCUT2D eigenvalue weighted by molar-refractivity contribution is 9.38. The van der Waals surface area contributed by atoms with Crippen LogP contribution in [0.3, 0.4) is 0 Å². The number of hydrogen-bond acceptors (Lipinski definition) is 2. The Labute approximate surface area is 101 Å². The van der Waals surface area contributed by atoms with Gasteiger partial charge in [-0.1, -0.05) is 32.0 Å². The maximum Gasteiger partial charge on any atom is 0.307 e. The van der Waals surface area contributed by atoms with E-state index in [9.17, 15) is 0 Å². The molecule has 0 aliphatic heterocycles. The fraction of sp³-hybridized carbons (Fsp3) is 0.455. The number of halogens is 1. The Morgan fingerprint density at radius 3 is 2.53 bits per heavy atom. The number of benzene rings is 1. The molecule has 4 heteroatoms. The lowest BCUT2D eigenvalue weighted by Gasteiger charge is -2.12. The smallest absolute Gasteiger partial charge is 0.307 e. The Morgan fingerprint density at radius 2 is 1.93 bits per heavy atom. The molecule has 0 saturated carbocycles. The summed E-state index contributed by atoms with van der Waals surface area (Å²) in [7, 11) is -0.975. The first kappa shape index (κ1) is 13.0. The minimum atomic E-state index is -0.975. The van der Waals surface area contributed by atoms with Gasteiger partial charge in [0.2, 0.25) is 0 Å². The Bertz CT molecular complexity index is 267. The summed E-state index contributed by atoms with van der Waals surface area (Å²) >= 11 is 3.39. The van der Waals surface area contributed by atoms with Crippen molar-refractivity contribution in [1.29, 1.82) is 0 Å². The van der Waals surface area contributed by atoms with Crippen molar-refractivity contribution in [3.63, 3.8) is 0 Å². The maximum absolute atomic E-state index is 5.56. The molecule has 0 amide bonds. The van der Waals surface area contributed by atoms with Gasteiger partial charge >= 0.3 is 7.08 Å². The molecular weight excluding hydrogens is 275 g/mol. The monoisotopic (exact) mass is 290 g/mol. The third-order valence-corrected chi connectivity index (χ3v) is 3.60. The number of para-hydroxylation sites is 1. The Balaban J connectivity index is 2.21. The van der Waals surface area contributed by atoms with Crippen molar-refractivity contribution >= 4 is 22.6 Å². The molecule has 1 aromatic rings. The van der Waals surface area contributed by atoms with Crippen molar-refractivity contribution in [3.8, 4) is 5.75 Å². The van der Waals surface area contributed by atoms with Crippen LogP contribution in [0.15, 0.2) is 30.3 Å². The second-order valence-electron chi connectivity index (χ2n) is 3.63. The van der Waals surface area contributed by atoms with Crippen molar-refractivity contribution in [2.45, 2.75) is 20.3 Å². The zero-order chi connectivity index (χ0) is 11.1. The normalized spacial score (nSPS) is 12.8. The third kappa shape index (κ3) is 6.14. The molecule has 2 nitrogen and oxygen atoms in total. The summed E-state index contributed by atoms with van der Waals surface area (Å²) in [4.78, 5) is 0. The van der Waals surface area contributed by atoms with Crippen LogP contribution in [0.4, 0.5) is 0 Å². The lowest BCUT2D eigenvalue weighted by atomic mass is 10.2. The molecule has 0 fully saturated rings. The van der Waals surface area contributed by atoms with Gasteiger partial charge < -0.3 is 9.05 Å². The van der Waals surface area contributed by atoms with Crippen LogP contribution in [0.5, 0.6) is 5.75 Å². The Hall–Kier alpha value is -0.110. The van der Waals surface area contributed by atoms with E-state index in [1.165, 1.54) is 0 Å². The summed E-state index contributed by atoms with van der Waals surface area (Å²) in [5.74, 6) is 1.50. The number of rotatable bonds is 6. The largest absolute Gasteiger partial charge is 0.439 e. The molecule has 0 bridgehead atoms. The van der Waals surface area contributed by atoms with Gasteiger partial charge in [0.1, 0.15) is 5.75 Å². The predicted octanol–water partition coefficient (Wildman–Crippen LogP) is 4.75. The van der Waals surface area contributed by atoms with Crippen LogP contribution in [0, 0.1) is 5.92 Å². The van der Waals surface area contributed by atoms with Gasteiger partial charge in [0.25, 0.3) is 0 Å². The Kier molecular flexibility index (Phi) is 6.23. The van der Waals surface area contributed by atoms with Gasteiger partial charge in [0.15, 0.2) is 0 Å². The Morgan fingerprint density at radius 1 is 1.27 bits per heavy atom. The van der Waals surface area contributed by atoms with Gasteiger partial charge in [-0.15, -0.1) is 0 Å². The van der Waals surface area contributed by atoms with Crippen LogP contribution >= 0.6 is 22.6 Å². The fourth-order valence-electron chi connectivity index (χ4n) is 0.951. The van der Waals surface area contributed by atoms with Gasteiger partial charge in [0, 0.05) is 15.5 Å². The summed E-state index contributed by atoms with van der Waals surface area (Å²) in [6, 6.07) is 9.69. The van der Waals surface area contributed by atoms with Crippen LogP contribution in [0.1, 0.15) is 20.3 Å². The lowest BCUT2D eigenvalue weighted by Crippen LogP contribution is -1.96. The van der Waals surface area contributed by atoms with E-state index in [4.69, 9.17) is 9.05 Å². The average molecular weight is 291 g/mol. The maximum atomic E-state index is 5.56. The van der Waals surface area contributed by atoms with E-state index in [2.05, 4.69) is 29.3 Å². The van der Waals surface area contributed by atoms with Crippen molar-refractivity contribution in [3.05, 3.63) is 30.3 Å². The molecule has 15 heavy (non-hydrogen) atoms. The molecule has 0 N–H and O–H groups in total. The summed E-state index contributed by atoms with van der Waals surface area (Å²) in [5, 5.41) is 0. The molecule has 0 aliphatic rings. The third-order valence-electron chi connectivity index (χ3n) is 1.81. The van der Waals surface area contributed by atoms with Crippen LogP contribution in [0.2, 0.25) is 0 Å². The van der Waals surface area contributed by atoms with E-state index >= 15 is 0 Å². The molecule has 1 atom stereocenters. The topological polar surface area (TPSA) is 18.5 Å². The van der Waals surface area contributed by atoms with E-state index in [1.807, 2.05) is 30.3 Å². The first-order chi connectivity index (χ1) is 7.18.